The molecule has 108 valence electrons. The third-order valence-corrected chi connectivity index (χ3v) is 4.18. The Morgan fingerprint density at radius 3 is 2.75 bits per heavy atom. The Morgan fingerprint density at radius 1 is 1.35 bits per heavy atom. The van der Waals surface area contributed by atoms with Crippen molar-refractivity contribution >= 4 is 27.3 Å². The average molecular weight is 291 g/mol. The van der Waals surface area contributed by atoms with Gasteiger partial charge in [0.2, 0.25) is 0 Å². The molecule has 1 amide bonds. The van der Waals surface area contributed by atoms with Gasteiger partial charge in [-0.25, -0.2) is 0 Å². The van der Waals surface area contributed by atoms with Gasteiger partial charge in [-0.1, -0.05) is 32.0 Å². The second-order valence-corrected chi connectivity index (χ2v) is 6.37. The SMILES string of the molecule is COCCN(CC(C)C)C(=O)c1cc2ccccc2s1. The van der Waals surface area contributed by atoms with Crippen LogP contribution in [0.3, 0.4) is 0 Å². The third-order valence-electron chi connectivity index (χ3n) is 3.07. The highest BCUT2D eigenvalue weighted by Crippen LogP contribution is 2.26. The molecule has 0 aliphatic rings. The number of nitrogens with zero attached hydrogens (tertiary/aromatic N) is 1. The molecule has 0 saturated carbocycles. The summed E-state index contributed by atoms with van der Waals surface area (Å²) >= 11 is 1.56. The molecule has 0 radical (unpaired) electrons. The number of methoxy groups -OCH3 is 1. The van der Waals surface area contributed by atoms with Gasteiger partial charge >= 0.3 is 0 Å². The van der Waals surface area contributed by atoms with Crippen LogP contribution in [0.4, 0.5) is 0 Å². The van der Waals surface area contributed by atoms with Crippen molar-refractivity contribution in [3.8, 4) is 0 Å². The van der Waals surface area contributed by atoms with E-state index in [2.05, 4.69) is 19.9 Å². The van der Waals surface area contributed by atoms with E-state index in [1.54, 1.807) is 18.4 Å². The average Bonchev–Trinajstić information content (AvgIpc) is 2.86. The Bertz CT molecular complexity index is 544. The number of thiophene rings is 1. The fraction of sp³-hybridized carbons (Fsp3) is 0.438. The van der Waals surface area contributed by atoms with Crippen LogP contribution in [0.25, 0.3) is 10.1 Å². The summed E-state index contributed by atoms with van der Waals surface area (Å²) in [5.74, 6) is 0.558. The Labute approximate surface area is 124 Å². The summed E-state index contributed by atoms with van der Waals surface area (Å²) in [5.41, 5.74) is 0. The Balaban J connectivity index is 2.20. The molecule has 3 nitrogen and oxygen atoms in total. The largest absolute Gasteiger partial charge is 0.383 e. The molecule has 0 unspecified atom stereocenters. The van der Waals surface area contributed by atoms with E-state index >= 15 is 0 Å². The fourth-order valence-corrected chi connectivity index (χ4v) is 3.19. The molecule has 2 aromatic rings. The molecule has 0 aliphatic heterocycles. The highest BCUT2D eigenvalue weighted by Gasteiger charge is 2.18. The summed E-state index contributed by atoms with van der Waals surface area (Å²) in [6.07, 6.45) is 0. The summed E-state index contributed by atoms with van der Waals surface area (Å²) in [6.45, 7) is 6.22. The lowest BCUT2D eigenvalue weighted by molar-refractivity contribution is 0.0677. The first-order chi connectivity index (χ1) is 9.61. The Morgan fingerprint density at radius 2 is 2.10 bits per heavy atom. The van der Waals surface area contributed by atoms with E-state index in [9.17, 15) is 4.79 Å². The third kappa shape index (κ3) is 3.58. The first-order valence-corrected chi connectivity index (χ1v) is 7.70. The molecule has 0 spiro atoms. The topological polar surface area (TPSA) is 29.5 Å². The van der Waals surface area contributed by atoms with Crippen molar-refractivity contribution in [1.29, 1.82) is 0 Å². The predicted molar refractivity (Wildman–Crippen MR) is 84.4 cm³/mol. The number of hydrogen-bond acceptors (Lipinski definition) is 3. The van der Waals surface area contributed by atoms with Gasteiger partial charge in [-0.2, -0.15) is 0 Å². The number of ether oxygens (including phenoxy) is 1. The standard InChI is InChI=1S/C16H21NO2S/c1-12(2)11-17(8-9-19-3)16(18)15-10-13-6-4-5-7-14(13)20-15/h4-7,10,12H,8-9,11H2,1-3H3. The van der Waals surface area contributed by atoms with Gasteiger partial charge in [0.1, 0.15) is 0 Å². The molecular weight excluding hydrogens is 270 g/mol. The van der Waals surface area contributed by atoms with Crippen LogP contribution in [0.15, 0.2) is 30.3 Å². The zero-order valence-corrected chi connectivity index (χ0v) is 13.1. The molecule has 1 aromatic heterocycles. The first-order valence-electron chi connectivity index (χ1n) is 6.88. The molecule has 0 bridgehead atoms. The van der Waals surface area contributed by atoms with E-state index in [1.165, 1.54) is 0 Å². The molecule has 0 aliphatic carbocycles. The van der Waals surface area contributed by atoms with Crippen molar-refractivity contribution in [2.75, 3.05) is 26.8 Å². The normalized spacial score (nSPS) is 11.2. The molecule has 2 rings (SSSR count). The lowest BCUT2D eigenvalue weighted by Gasteiger charge is -2.23. The van der Waals surface area contributed by atoms with Crippen LogP contribution in [-0.2, 0) is 4.74 Å². The van der Waals surface area contributed by atoms with Crippen LogP contribution in [0.1, 0.15) is 23.5 Å². The van der Waals surface area contributed by atoms with Crippen molar-refractivity contribution in [2.45, 2.75) is 13.8 Å². The number of carbonyl (C=O) groups is 1. The van der Waals surface area contributed by atoms with Crippen LogP contribution in [0, 0.1) is 5.92 Å². The number of benzene rings is 1. The number of fused-ring (bicyclic) bond motifs is 1. The van der Waals surface area contributed by atoms with Crippen LogP contribution >= 0.6 is 11.3 Å². The number of hydrogen-bond donors (Lipinski definition) is 0. The maximum Gasteiger partial charge on any atom is 0.264 e. The highest BCUT2D eigenvalue weighted by atomic mass is 32.1. The maximum atomic E-state index is 12.6. The van der Waals surface area contributed by atoms with Crippen molar-refractivity contribution in [1.82, 2.24) is 4.90 Å². The number of carbonyl (C=O) groups excluding carboxylic acids is 1. The molecule has 1 aromatic carbocycles. The fourth-order valence-electron chi connectivity index (χ4n) is 2.16. The van der Waals surface area contributed by atoms with E-state index in [-0.39, 0.29) is 5.91 Å². The van der Waals surface area contributed by atoms with Gasteiger partial charge in [-0.05, 0) is 23.4 Å². The van der Waals surface area contributed by atoms with Crippen molar-refractivity contribution in [3.05, 3.63) is 35.2 Å². The minimum absolute atomic E-state index is 0.108. The highest BCUT2D eigenvalue weighted by molar-refractivity contribution is 7.20. The van der Waals surface area contributed by atoms with Crippen molar-refractivity contribution in [3.63, 3.8) is 0 Å². The van der Waals surface area contributed by atoms with E-state index in [0.717, 1.165) is 21.5 Å². The minimum atomic E-state index is 0.108. The molecule has 20 heavy (non-hydrogen) atoms. The summed E-state index contributed by atoms with van der Waals surface area (Å²) in [6, 6.07) is 10.1. The van der Waals surface area contributed by atoms with Gasteiger partial charge in [-0.15, -0.1) is 11.3 Å². The van der Waals surface area contributed by atoms with Crippen LogP contribution in [0.5, 0.6) is 0 Å². The first kappa shape index (κ1) is 15.0. The van der Waals surface area contributed by atoms with E-state index in [1.807, 2.05) is 29.2 Å². The zero-order chi connectivity index (χ0) is 14.5. The van der Waals surface area contributed by atoms with Crippen molar-refractivity contribution in [2.24, 2.45) is 5.92 Å². The molecular formula is C16H21NO2S. The van der Waals surface area contributed by atoms with Gasteiger partial charge in [0.05, 0.1) is 11.5 Å². The van der Waals surface area contributed by atoms with E-state index in [4.69, 9.17) is 4.74 Å². The van der Waals surface area contributed by atoms with Gasteiger partial charge in [0.25, 0.3) is 5.91 Å². The summed E-state index contributed by atoms with van der Waals surface area (Å²) < 4.78 is 6.27. The van der Waals surface area contributed by atoms with Gasteiger partial charge in [-0.3, -0.25) is 4.79 Å². The molecule has 0 atom stereocenters. The molecule has 0 saturated heterocycles. The van der Waals surface area contributed by atoms with E-state index < -0.39 is 0 Å². The van der Waals surface area contributed by atoms with Crippen LogP contribution in [0.2, 0.25) is 0 Å². The van der Waals surface area contributed by atoms with Crippen LogP contribution < -0.4 is 0 Å². The minimum Gasteiger partial charge on any atom is -0.383 e. The van der Waals surface area contributed by atoms with E-state index in [0.29, 0.717) is 19.1 Å². The molecule has 4 heteroatoms. The zero-order valence-electron chi connectivity index (χ0n) is 12.3. The molecule has 0 fully saturated rings. The molecule has 1 heterocycles. The predicted octanol–water partition coefficient (Wildman–Crippen LogP) is 3.65. The maximum absolute atomic E-state index is 12.6. The quantitative estimate of drug-likeness (QED) is 0.813. The summed E-state index contributed by atoms with van der Waals surface area (Å²) in [5, 5.41) is 1.14. The summed E-state index contributed by atoms with van der Waals surface area (Å²) in [4.78, 5) is 15.3. The number of rotatable bonds is 6. The lowest BCUT2D eigenvalue weighted by atomic mass is 10.2. The lowest BCUT2D eigenvalue weighted by Crippen LogP contribution is -2.36. The number of amides is 1. The Kier molecular flexibility index (Phi) is 5.15. The van der Waals surface area contributed by atoms with Gasteiger partial charge in [0.15, 0.2) is 0 Å². The Hall–Kier alpha value is -1.39. The van der Waals surface area contributed by atoms with Crippen LogP contribution in [-0.4, -0.2) is 37.6 Å². The summed E-state index contributed by atoms with van der Waals surface area (Å²) in [7, 11) is 1.66. The second-order valence-electron chi connectivity index (χ2n) is 5.29. The van der Waals surface area contributed by atoms with Gasteiger partial charge < -0.3 is 9.64 Å². The second kappa shape index (κ2) is 6.86. The monoisotopic (exact) mass is 291 g/mol. The smallest absolute Gasteiger partial charge is 0.264 e. The molecule has 0 N–H and O–H groups in total. The van der Waals surface area contributed by atoms with Gasteiger partial charge in [0, 0.05) is 24.9 Å². The van der Waals surface area contributed by atoms with Crippen molar-refractivity contribution < 1.29 is 9.53 Å².